The molecule has 2 atom stereocenters. The third-order valence-electron chi connectivity index (χ3n) is 6.78. The minimum Gasteiger partial charge on any atom is -0.363 e. The Labute approximate surface area is 247 Å². The number of anilines is 4. The summed E-state index contributed by atoms with van der Waals surface area (Å²) in [5.41, 5.74) is 2.48. The highest BCUT2D eigenvalue weighted by Crippen LogP contribution is 2.45. The second-order valence-electron chi connectivity index (χ2n) is 10.5. The van der Waals surface area contributed by atoms with Gasteiger partial charge in [0.2, 0.25) is 16.2 Å². The molecule has 0 saturated heterocycles. The highest BCUT2D eigenvalue weighted by molar-refractivity contribution is 7.15. The quantitative estimate of drug-likeness (QED) is 0.254. The van der Waals surface area contributed by atoms with Gasteiger partial charge in [-0.05, 0) is 43.5 Å². The van der Waals surface area contributed by atoms with Gasteiger partial charge in [-0.2, -0.15) is 0 Å². The Balaban J connectivity index is 1.12. The Hall–Kier alpha value is -3.97. The molecule has 4 aromatic rings. The molecule has 0 radical (unpaired) electrons. The fraction of sp³-hybridized carbons (Fsp3) is 0.393. The van der Waals surface area contributed by atoms with Gasteiger partial charge in [0.1, 0.15) is 21.7 Å². The summed E-state index contributed by atoms with van der Waals surface area (Å²) in [5.74, 6) is 2.17. The summed E-state index contributed by atoms with van der Waals surface area (Å²) >= 11 is 3.01. The third kappa shape index (κ3) is 7.41. The first-order valence-corrected chi connectivity index (χ1v) is 15.0. The van der Waals surface area contributed by atoms with Gasteiger partial charge in [-0.1, -0.05) is 41.4 Å². The van der Waals surface area contributed by atoms with Crippen LogP contribution in [0.1, 0.15) is 52.5 Å². The van der Waals surface area contributed by atoms with E-state index in [2.05, 4.69) is 47.6 Å². The van der Waals surface area contributed by atoms with Gasteiger partial charge in [-0.3, -0.25) is 4.79 Å². The Kier molecular flexibility index (Phi) is 8.84. The van der Waals surface area contributed by atoms with Crippen molar-refractivity contribution in [1.82, 2.24) is 30.4 Å². The first-order chi connectivity index (χ1) is 19.7. The predicted molar refractivity (Wildman–Crippen MR) is 165 cm³/mol. The van der Waals surface area contributed by atoms with Gasteiger partial charge >= 0.3 is 0 Å². The topological polar surface area (TPSA) is 125 Å². The zero-order valence-corrected chi connectivity index (χ0v) is 25.3. The molecule has 214 valence electrons. The lowest BCUT2D eigenvalue weighted by Gasteiger charge is -2.13. The number of pyridine rings is 2. The summed E-state index contributed by atoms with van der Waals surface area (Å²) in [5, 5.41) is 26.8. The number of hydrogen-bond donors (Lipinski definition) is 2. The average molecular weight is 591 g/mol. The fourth-order valence-electron chi connectivity index (χ4n) is 4.70. The van der Waals surface area contributed by atoms with E-state index in [4.69, 9.17) is 0 Å². The van der Waals surface area contributed by atoms with Crippen molar-refractivity contribution in [1.29, 1.82) is 0 Å². The number of hydrogen-bond acceptors (Lipinski definition) is 12. The SMILES string of the molecule is C=C(Cc1cccc(N(C)C)n1)Nc1nnc([C@H]2CC[C@H](c3nnc(NC(=O)Cc4cccc(N(C)C)n4)s3)C2)s1. The number of amides is 1. The van der Waals surface area contributed by atoms with E-state index in [-0.39, 0.29) is 18.2 Å². The highest BCUT2D eigenvalue weighted by atomic mass is 32.1. The number of nitrogens with one attached hydrogen (secondary N) is 2. The van der Waals surface area contributed by atoms with E-state index in [1.807, 2.05) is 74.4 Å². The minimum absolute atomic E-state index is 0.155. The van der Waals surface area contributed by atoms with Crippen LogP contribution in [0.3, 0.4) is 0 Å². The maximum absolute atomic E-state index is 12.6. The molecule has 5 rings (SSSR count). The van der Waals surface area contributed by atoms with Crippen LogP contribution in [0.2, 0.25) is 0 Å². The molecule has 0 aromatic carbocycles. The van der Waals surface area contributed by atoms with Crippen LogP contribution in [-0.2, 0) is 17.6 Å². The largest absolute Gasteiger partial charge is 0.363 e. The Morgan fingerprint density at radius 3 is 1.85 bits per heavy atom. The molecule has 0 unspecified atom stereocenters. The summed E-state index contributed by atoms with van der Waals surface area (Å²) in [6, 6.07) is 11.6. The Morgan fingerprint density at radius 2 is 1.32 bits per heavy atom. The van der Waals surface area contributed by atoms with E-state index >= 15 is 0 Å². The molecule has 0 spiro atoms. The average Bonchev–Trinajstić information content (AvgIpc) is 3.70. The van der Waals surface area contributed by atoms with Gasteiger partial charge in [-0.25, -0.2) is 9.97 Å². The molecule has 13 heteroatoms. The summed E-state index contributed by atoms with van der Waals surface area (Å²) in [6.45, 7) is 4.16. The van der Waals surface area contributed by atoms with Crippen LogP contribution in [0.5, 0.6) is 0 Å². The summed E-state index contributed by atoms with van der Waals surface area (Å²) in [7, 11) is 7.80. The number of carbonyl (C=O) groups is 1. The third-order valence-corrected chi connectivity index (χ3v) is 8.78. The number of carbonyl (C=O) groups excluding carboxylic acids is 1. The second-order valence-corrected chi connectivity index (χ2v) is 12.5. The van der Waals surface area contributed by atoms with E-state index < -0.39 is 0 Å². The van der Waals surface area contributed by atoms with Gasteiger partial charge in [0.15, 0.2) is 0 Å². The predicted octanol–water partition coefficient (Wildman–Crippen LogP) is 4.71. The zero-order valence-electron chi connectivity index (χ0n) is 23.7. The minimum atomic E-state index is -0.155. The lowest BCUT2D eigenvalue weighted by Crippen LogP contribution is -2.16. The summed E-state index contributed by atoms with van der Waals surface area (Å²) in [4.78, 5) is 25.7. The summed E-state index contributed by atoms with van der Waals surface area (Å²) < 4.78 is 0. The molecular weight excluding hydrogens is 557 g/mol. The molecule has 0 bridgehead atoms. The van der Waals surface area contributed by atoms with Crippen LogP contribution in [0, 0.1) is 0 Å². The van der Waals surface area contributed by atoms with Crippen molar-refractivity contribution >= 4 is 50.5 Å². The van der Waals surface area contributed by atoms with Crippen molar-refractivity contribution in [3.05, 3.63) is 70.1 Å². The standard InChI is InChI=1S/C28H34N10OS2/c1-17(14-20-8-6-10-22(30-20)37(2)3)29-27-35-33-25(40-27)18-12-13-19(15-18)26-34-36-28(41-26)32-24(39)16-21-9-7-11-23(31-21)38(4)5/h6-11,18-19H,1,12-16H2,2-5H3,(H,29,35)(H,32,36,39)/t18-,19-/m0/s1. The molecule has 4 aromatic heterocycles. The lowest BCUT2D eigenvalue weighted by molar-refractivity contribution is -0.115. The maximum Gasteiger partial charge on any atom is 0.232 e. The first-order valence-electron chi connectivity index (χ1n) is 13.4. The van der Waals surface area contributed by atoms with Gasteiger partial charge in [0.05, 0.1) is 12.1 Å². The van der Waals surface area contributed by atoms with E-state index in [9.17, 15) is 4.79 Å². The smallest absolute Gasteiger partial charge is 0.232 e. The van der Waals surface area contributed by atoms with Crippen molar-refractivity contribution in [2.75, 3.05) is 48.6 Å². The van der Waals surface area contributed by atoms with Gasteiger partial charge in [0.25, 0.3) is 0 Å². The number of nitrogens with zero attached hydrogens (tertiary/aromatic N) is 8. The van der Waals surface area contributed by atoms with Crippen molar-refractivity contribution in [2.24, 2.45) is 0 Å². The molecule has 1 amide bonds. The Bertz CT molecular complexity index is 1400. The monoisotopic (exact) mass is 590 g/mol. The van der Waals surface area contributed by atoms with Crippen LogP contribution in [0.25, 0.3) is 0 Å². The van der Waals surface area contributed by atoms with Gasteiger partial charge < -0.3 is 20.4 Å². The molecule has 1 saturated carbocycles. The molecule has 1 fully saturated rings. The molecule has 2 N–H and O–H groups in total. The van der Waals surface area contributed by atoms with Crippen LogP contribution < -0.4 is 20.4 Å². The number of aromatic nitrogens is 6. The van der Waals surface area contributed by atoms with Crippen molar-refractivity contribution in [2.45, 2.75) is 43.9 Å². The van der Waals surface area contributed by atoms with Crippen LogP contribution in [0.15, 0.2) is 48.7 Å². The molecular formula is C28H34N10OS2. The van der Waals surface area contributed by atoms with Crippen molar-refractivity contribution < 1.29 is 4.79 Å². The van der Waals surface area contributed by atoms with Crippen LogP contribution in [0.4, 0.5) is 21.9 Å². The molecule has 4 heterocycles. The molecule has 1 aliphatic carbocycles. The molecule has 41 heavy (non-hydrogen) atoms. The van der Waals surface area contributed by atoms with Crippen molar-refractivity contribution in [3.8, 4) is 0 Å². The van der Waals surface area contributed by atoms with Crippen LogP contribution in [-0.4, -0.2) is 64.5 Å². The van der Waals surface area contributed by atoms with Crippen LogP contribution >= 0.6 is 22.7 Å². The Morgan fingerprint density at radius 1 is 0.805 bits per heavy atom. The highest BCUT2D eigenvalue weighted by Gasteiger charge is 2.32. The molecule has 0 aliphatic heterocycles. The fourth-order valence-corrected chi connectivity index (χ4v) is 6.55. The van der Waals surface area contributed by atoms with E-state index in [1.54, 1.807) is 11.3 Å². The van der Waals surface area contributed by atoms with Crippen molar-refractivity contribution in [3.63, 3.8) is 0 Å². The normalized spacial score (nSPS) is 16.4. The van der Waals surface area contributed by atoms with Gasteiger partial charge in [-0.15, -0.1) is 20.4 Å². The van der Waals surface area contributed by atoms with Gasteiger partial charge in [0, 0.05) is 57.8 Å². The zero-order chi connectivity index (χ0) is 28.9. The molecule has 1 aliphatic rings. The van der Waals surface area contributed by atoms with E-state index in [0.29, 0.717) is 23.2 Å². The second kappa shape index (κ2) is 12.7. The number of rotatable bonds is 11. The maximum atomic E-state index is 12.6. The first kappa shape index (κ1) is 28.6. The lowest BCUT2D eigenvalue weighted by atomic mass is 10.1. The van der Waals surface area contributed by atoms with E-state index in [1.165, 1.54) is 11.3 Å². The number of allylic oxidation sites excluding steroid dienone is 1. The molecule has 11 nitrogen and oxygen atoms in total. The van der Waals surface area contributed by atoms with E-state index in [0.717, 1.165) is 57.4 Å². The summed E-state index contributed by atoms with van der Waals surface area (Å²) in [6.07, 6.45) is 3.73.